The number of aliphatic hydroxyl groups is 1. The van der Waals surface area contributed by atoms with Gasteiger partial charge in [-0.1, -0.05) is 18.2 Å². The van der Waals surface area contributed by atoms with Gasteiger partial charge in [0.05, 0.1) is 24.0 Å². The van der Waals surface area contributed by atoms with Crippen molar-refractivity contribution in [1.82, 2.24) is 24.2 Å². The first-order chi connectivity index (χ1) is 17.5. The van der Waals surface area contributed by atoms with Gasteiger partial charge in [0, 0.05) is 19.0 Å². The molecule has 0 atom stereocenters. The molecule has 2 aromatic carbocycles. The molecule has 2 aromatic heterocycles. The van der Waals surface area contributed by atoms with Gasteiger partial charge in [-0.25, -0.2) is 9.67 Å². The van der Waals surface area contributed by atoms with Crippen molar-refractivity contribution in [3.8, 4) is 17.2 Å². The Kier molecular flexibility index (Phi) is 5.56. The summed E-state index contributed by atoms with van der Waals surface area (Å²) in [4.78, 5) is 31.8. The molecule has 1 aliphatic heterocycles. The van der Waals surface area contributed by atoms with Crippen LogP contribution in [0.4, 0.5) is 0 Å². The molecule has 1 saturated carbocycles. The minimum absolute atomic E-state index is 0.136. The predicted octanol–water partition coefficient (Wildman–Crippen LogP) is 3.14. The largest absolute Gasteiger partial charge is 0.457 e. The Morgan fingerprint density at radius 3 is 2.42 bits per heavy atom. The number of fused-ring (bicyclic) bond motifs is 1. The van der Waals surface area contributed by atoms with E-state index in [1.54, 1.807) is 4.68 Å². The van der Waals surface area contributed by atoms with Gasteiger partial charge in [0.15, 0.2) is 5.65 Å². The number of piperidine rings is 1. The van der Waals surface area contributed by atoms with E-state index >= 15 is 0 Å². The molecule has 0 radical (unpaired) electrons. The Morgan fingerprint density at radius 1 is 1.03 bits per heavy atom. The van der Waals surface area contributed by atoms with Gasteiger partial charge in [0.1, 0.15) is 23.2 Å². The van der Waals surface area contributed by atoms with Crippen LogP contribution >= 0.6 is 0 Å². The van der Waals surface area contributed by atoms with Gasteiger partial charge >= 0.3 is 0 Å². The number of hydrogen-bond acceptors (Lipinski definition) is 6. The highest BCUT2D eigenvalue weighted by molar-refractivity contribution is 5.81. The highest BCUT2D eigenvalue weighted by Gasteiger charge is 2.39. The molecule has 1 aliphatic carbocycles. The van der Waals surface area contributed by atoms with E-state index in [-0.39, 0.29) is 23.9 Å². The molecule has 1 saturated heterocycles. The first-order valence-corrected chi connectivity index (χ1v) is 12.3. The van der Waals surface area contributed by atoms with Crippen LogP contribution in [0.25, 0.3) is 16.7 Å². The van der Waals surface area contributed by atoms with Crippen LogP contribution in [0.3, 0.4) is 0 Å². The Balaban J connectivity index is 1.18. The maximum absolute atomic E-state index is 13.2. The number of amides is 1. The predicted molar refractivity (Wildman–Crippen MR) is 133 cm³/mol. The number of ether oxygens (including phenoxy) is 1. The summed E-state index contributed by atoms with van der Waals surface area (Å²) in [5, 5.41) is 15.9. The summed E-state index contributed by atoms with van der Waals surface area (Å²) in [6.45, 7) is 1.16. The lowest BCUT2D eigenvalue weighted by Crippen LogP contribution is -2.50. The van der Waals surface area contributed by atoms with Gasteiger partial charge in [-0.3, -0.25) is 14.2 Å². The van der Waals surface area contributed by atoms with Crippen LogP contribution in [0, 0.1) is 5.92 Å². The third kappa shape index (κ3) is 4.37. The fourth-order valence-corrected chi connectivity index (χ4v) is 4.74. The van der Waals surface area contributed by atoms with E-state index in [1.165, 1.54) is 17.1 Å². The molecule has 1 N–H and O–H groups in total. The molecule has 184 valence electrons. The zero-order valence-corrected chi connectivity index (χ0v) is 19.8. The monoisotopic (exact) mass is 485 g/mol. The molecule has 9 nitrogen and oxygen atoms in total. The highest BCUT2D eigenvalue weighted by atomic mass is 16.5. The first-order valence-electron chi connectivity index (χ1n) is 12.3. The van der Waals surface area contributed by atoms with Crippen LogP contribution in [0.2, 0.25) is 0 Å². The van der Waals surface area contributed by atoms with Crippen LogP contribution in [-0.2, 0) is 11.3 Å². The van der Waals surface area contributed by atoms with Gasteiger partial charge < -0.3 is 14.7 Å². The third-order valence-corrected chi connectivity index (χ3v) is 7.01. The number of hydrogen-bond donors (Lipinski definition) is 1. The molecule has 0 unspecified atom stereocenters. The average Bonchev–Trinajstić information content (AvgIpc) is 3.66. The summed E-state index contributed by atoms with van der Waals surface area (Å²) in [7, 11) is 0. The van der Waals surface area contributed by atoms with Crippen molar-refractivity contribution >= 4 is 16.9 Å². The molecular formula is C27H27N5O4. The summed E-state index contributed by atoms with van der Waals surface area (Å²) in [6.07, 6.45) is 5.80. The molecule has 9 heteroatoms. The third-order valence-electron chi connectivity index (χ3n) is 7.01. The molecular weight excluding hydrogens is 458 g/mol. The zero-order valence-electron chi connectivity index (χ0n) is 19.8. The zero-order chi connectivity index (χ0) is 24.7. The van der Waals surface area contributed by atoms with Crippen molar-refractivity contribution in [2.75, 3.05) is 13.1 Å². The minimum atomic E-state index is -1.05. The Labute approximate surface area is 207 Å². The summed E-state index contributed by atoms with van der Waals surface area (Å²) < 4.78 is 8.91. The van der Waals surface area contributed by atoms with Crippen molar-refractivity contribution in [2.24, 2.45) is 5.92 Å². The van der Waals surface area contributed by atoms with Crippen molar-refractivity contribution in [3.63, 3.8) is 0 Å². The smallest absolute Gasteiger partial charge is 0.264 e. The van der Waals surface area contributed by atoms with Crippen molar-refractivity contribution in [2.45, 2.75) is 37.8 Å². The summed E-state index contributed by atoms with van der Waals surface area (Å²) in [6, 6.07) is 16.9. The summed E-state index contributed by atoms with van der Waals surface area (Å²) in [5.74, 6) is 1.81. The fourth-order valence-electron chi connectivity index (χ4n) is 4.74. The van der Waals surface area contributed by atoms with E-state index in [0.29, 0.717) is 42.7 Å². The van der Waals surface area contributed by atoms with Crippen LogP contribution in [0.1, 0.15) is 25.7 Å². The van der Waals surface area contributed by atoms with Crippen LogP contribution in [0.5, 0.6) is 11.5 Å². The van der Waals surface area contributed by atoms with Gasteiger partial charge in [-0.2, -0.15) is 5.10 Å². The topological polar surface area (TPSA) is 102 Å². The van der Waals surface area contributed by atoms with E-state index in [2.05, 4.69) is 10.1 Å². The van der Waals surface area contributed by atoms with E-state index in [0.717, 1.165) is 24.3 Å². The van der Waals surface area contributed by atoms with Crippen LogP contribution in [-0.4, -0.2) is 53.9 Å². The number of carbonyl (C=O) groups is 1. The average molecular weight is 486 g/mol. The number of benzene rings is 2. The normalized spacial score (nSPS) is 17.3. The first kappa shape index (κ1) is 22.5. The second-order valence-electron chi connectivity index (χ2n) is 9.70. The molecule has 6 rings (SSSR count). The lowest BCUT2D eigenvalue weighted by Gasteiger charge is -2.38. The maximum Gasteiger partial charge on any atom is 0.264 e. The number of likely N-dealkylation sites (tertiary alicyclic amines) is 1. The number of rotatable bonds is 6. The standard InChI is InChI=1S/C27H27N5O4/c33-25(19-6-7-19)30-14-12-27(35,13-15-30)17-31-18-28-24-23(26(31)34)16-29-32(24)20-8-10-22(11-9-20)36-21-4-2-1-3-5-21/h1-5,8-11,16,18-19,35H,6-7,12-15,17H2. The number of carbonyl (C=O) groups excluding carboxylic acids is 1. The second kappa shape index (κ2) is 8.91. The molecule has 4 aromatic rings. The van der Waals surface area contributed by atoms with Crippen molar-refractivity contribution in [3.05, 3.63) is 77.5 Å². The van der Waals surface area contributed by atoms with Crippen molar-refractivity contribution < 1.29 is 14.6 Å². The number of para-hydroxylation sites is 1. The fraction of sp³-hybridized carbons (Fsp3) is 0.333. The van der Waals surface area contributed by atoms with Gasteiger partial charge in [-0.05, 0) is 62.1 Å². The molecule has 36 heavy (non-hydrogen) atoms. The van der Waals surface area contributed by atoms with Crippen LogP contribution < -0.4 is 10.3 Å². The highest BCUT2D eigenvalue weighted by Crippen LogP contribution is 2.33. The SMILES string of the molecule is O=C(C1CC1)N1CCC(O)(Cn2cnc3c(cnn3-c3ccc(Oc4ccccc4)cc3)c2=O)CC1. The van der Waals surface area contributed by atoms with Crippen molar-refractivity contribution in [1.29, 1.82) is 0 Å². The summed E-state index contributed by atoms with van der Waals surface area (Å²) >= 11 is 0. The molecule has 2 fully saturated rings. The molecule has 2 aliphatic rings. The number of nitrogens with zero attached hydrogens (tertiary/aromatic N) is 5. The second-order valence-corrected chi connectivity index (χ2v) is 9.70. The molecule has 3 heterocycles. The van der Waals surface area contributed by atoms with Crippen LogP contribution in [0.15, 0.2) is 71.9 Å². The molecule has 1 amide bonds. The van der Waals surface area contributed by atoms with E-state index in [1.807, 2.05) is 59.5 Å². The van der Waals surface area contributed by atoms with E-state index in [4.69, 9.17) is 4.74 Å². The van der Waals surface area contributed by atoms with Gasteiger partial charge in [-0.15, -0.1) is 0 Å². The Morgan fingerprint density at radius 2 is 1.72 bits per heavy atom. The number of aromatic nitrogens is 4. The lowest BCUT2D eigenvalue weighted by atomic mass is 9.91. The maximum atomic E-state index is 13.2. The van der Waals surface area contributed by atoms with Gasteiger partial charge in [0.2, 0.25) is 5.91 Å². The van der Waals surface area contributed by atoms with E-state index in [9.17, 15) is 14.7 Å². The molecule has 0 spiro atoms. The molecule has 0 bridgehead atoms. The summed E-state index contributed by atoms with van der Waals surface area (Å²) in [5.41, 5.74) is -0.101. The lowest BCUT2D eigenvalue weighted by molar-refractivity contribution is -0.137. The van der Waals surface area contributed by atoms with E-state index < -0.39 is 5.60 Å². The minimum Gasteiger partial charge on any atom is -0.457 e. The Hall–Kier alpha value is -3.98. The Bertz CT molecular complexity index is 1450. The van der Waals surface area contributed by atoms with Gasteiger partial charge in [0.25, 0.3) is 5.56 Å². The quantitative estimate of drug-likeness (QED) is 0.450.